The zero-order valence-electron chi connectivity index (χ0n) is 20.2. The number of fused-ring (bicyclic) bond motifs is 1. The van der Waals surface area contributed by atoms with E-state index in [1.807, 2.05) is 19.9 Å². The van der Waals surface area contributed by atoms with Crippen LogP contribution in [-0.4, -0.2) is 56.5 Å². The average molecular weight is 508 g/mol. The number of benzene rings is 1. The molecule has 0 saturated heterocycles. The molecule has 10 nitrogen and oxygen atoms in total. The Morgan fingerprint density at radius 2 is 1.89 bits per heavy atom. The molecule has 4 heterocycles. The first-order chi connectivity index (χ1) is 17.4. The normalized spacial score (nSPS) is 13.6. The first kappa shape index (κ1) is 24.1. The number of aliphatic hydroxyl groups is 1. The largest absolute Gasteiger partial charge is 0.491 e. The summed E-state index contributed by atoms with van der Waals surface area (Å²) in [5.74, 6) is 2.37. The lowest BCUT2D eigenvalue weighted by atomic mass is 10.1. The molecule has 11 heteroatoms. The Bertz CT molecular complexity index is 1350. The van der Waals surface area contributed by atoms with E-state index in [4.69, 9.17) is 30.8 Å². The highest BCUT2D eigenvalue weighted by atomic mass is 35.5. The summed E-state index contributed by atoms with van der Waals surface area (Å²) >= 11 is 6.61. The van der Waals surface area contributed by atoms with Crippen LogP contribution in [0.15, 0.2) is 41.2 Å². The van der Waals surface area contributed by atoms with Gasteiger partial charge in [-0.05, 0) is 39.1 Å². The number of hydrogen-bond donors (Lipinski definition) is 2. The molecule has 186 valence electrons. The molecular formula is C25H26ClN7O3. The van der Waals surface area contributed by atoms with Crippen molar-refractivity contribution in [1.82, 2.24) is 30.4 Å². The number of hydrogen-bond acceptors (Lipinski definition) is 10. The number of aryl methyl sites for hydroxylation is 2. The average Bonchev–Trinajstić information content (AvgIpc) is 3.46. The van der Waals surface area contributed by atoms with Gasteiger partial charge in [0.15, 0.2) is 5.82 Å². The van der Waals surface area contributed by atoms with E-state index in [1.54, 1.807) is 37.6 Å². The molecule has 3 aromatic heterocycles. The van der Waals surface area contributed by atoms with Crippen LogP contribution in [-0.2, 0) is 13.1 Å². The Morgan fingerprint density at radius 1 is 1.14 bits per heavy atom. The van der Waals surface area contributed by atoms with E-state index in [0.717, 1.165) is 22.6 Å². The lowest BCUT2D eigenvalue weighted by molar-refractivity contribution is 0.108. The maximum Gasteiger partial charge on any atom is 0.163 e. The van der Waals surface area contributed by atoms with Gasteiger partial charge in [-0.15, -0.1) is 0 Å². The van der Waals surface area contributed by atoms with Crippen LogP contribution in [0.5, 0.6) is 5.75 Å². The molecule has 0 bridgehead atoms. The summed E-state index contributed by atoms with van der Waals surface area (Å²) in [6, 6.07) is 7.20. The summed E-state index contributed by atoms with van der Waals surface area (Å²) in [6.45, 7) is 5.47. The van der Waals surface area contributed by atoms with Crippen molar-refractivity contribution in [3.8, 4) is 28.4 Å². The van der Waals surface area contributed by atoms with E-state index in [-0.39, 0.29) is 6.61 Å². The molecule has 0 saturated carbocycles. The molecule has 0 amide bonds. The number of aliphatic hydroxyl groups excluding tert-OH is 1. The van der Waals surface area contributed by atoms with Crippen LogP contribution >= 0.6 is 11.6 Å². The predicted octanol–water partition coefficient (Wildman–Crippen LogP) is 3.34. The number of rotatable bonds is 8. The van der Waals surface area contributed by atoms with Gasteiger partial charge >= 0.3 is 0 Å². The molecule has 36 heavy (non-hydrogen) atoms. The minimum Gasteiger partial charge on any atom is -0.491 e. The monoisotopic (exact) mass is 507 g/mol. The summed E-state index contributed by atoms with van der Waals surface area (Å²) < 4.78 is 11.2. The van der Waals surface area contributed by atoms with Crippen molar-refractivity contribution in [3.63, 3.8) is 0 Å². The maximum atomic E-state index is 10.0. The third-order valence-electron chi connectivity index (χ3n) is 5.93. The fourth-order valence-electron chi connectivity index (χ4n) is 4.19. The molecule has 0 fully saturated rings. The number of likely N-dealkylation sites (N-methyl/N-ethyl adjacent to an activating group) is 1. The Labute approximate surface area is 213 Å². The molecular weight excluding hydrogens is 482 g/mol. The van der Waals surface area contributed by atoms with Crippen LogP contribution in [0, 0.1) is 13.8 Å². The summed E-state index contributed by atoms with van der Waals surface area (Å²) in [4.78, 5) is 20.7. The lowest BCUT2D eigenvalue weighted by Crippen LogP contribution is -2.29. The number of nitrogens with one attached hydrogen (secondary N) is 1. The number of nitrogens with zero attached hydrogens (tertiary/aromatic N) is 6. The molecule has 4 aromatic rings. The fraction of sp³-hybridized carbons (Fsp3) is 0.320. The Balaban J connectivity index is 1.56. The molecule has 1 unspecified atom stereocenters. The summed E-state index contributed by atoms with van der Waals surface area (Å²) in [6.07, 6.45) is 2.75. The van der Waals surface area contributed by atoms with Crippen LogP contribution in [0.1, 0.15) is 22.8 Å². The van der Waals surface area contributed by atoms with Crippen LogP contribution in [0.2, 0.25) is 5.02 Å². The van der Waals surface area contributed by atoms with Gasteiger partial charge in [-0.2, -0.15) is 0 Å². The van der Waals surface area contributed by atoms with Gasteiger partial charge in [0, 0.05) is 30.6 Å². The minimum absolute atomic E-state index is 0.138. The summed E-state index contributed by atoms with van der Waals surface area (Å²) in [7, 11) is 1.77. The van der Waals surface area contributed by atoms with E-state index in [2.05, 4.69) is 25.3 Å². The first-order valence-electron chi connectivity index (χ1n) is 11.5. The molecule has 0 spiro atoms. The molecule has 1 aliphatic heterocycles. The van der Waals surface area contributed by atoms with E-state index in [0.29, 0.717) is 59.1 Å². The minimum atomic E-state index is -0.640. The number of ether oxygens (including phenoxy) is 1. The van der Waals surface area contributed by atoms with Crippen molar-refractivity contribution in [2.75, 3.05) is 25.1 Å². The van der Waals surface area contributed by atoms with Crippen molar-refractivity contribution >= 4 is 17.4 Å². The van der Waals surface area contributed by atoms with Crippen molar-refractivity contribution in [2.45, 2.75) is 33.0 Å². The molecule has 5 rings (SSSR count). The second-order valence-corrected chi connectivity index (χ2v) is 9.01. The van der Waals surface area contributed by atoms with Gasteiger partial charge < -0.3 is 24.6 Å². The van der Waals surface area contributed by atoms with Crippen molar-refractivity contribution < 1.29 is 14.4 Å². The zero-order valence-corrected chi connectivity index (χ0v) is 21.0. The summed E-state index contributed by atoms with van der Waals surface area (Å²) in [5.41, 5.74) is 4.68. The zero-order chi connectivity index (χ0) is 25.2. The van der Waals surface area contributed by atoms with Gasteiger partial charge in [0.1, 0.15) is 30.0 Å². The number of halogens is 1. The second kappa shape index (κ2) is 10.2. The van der Waals surface area contributed by atoms with E-state index >= 15 is 0 Å². The predicted molar refractivity (Wildman–Crippen MR) is 135 cm³/mol. The van der Waals surface area contributed by atoms with Crippen LogP contribution < -0.4 is 15.0 Å². The maximum absolute atomic E-state index is 10.0. The topological polar surface area (TPSA) is 122 Å². The Kier molecular flexibility index (Phi) is 6.82. The van der Waals surface area contributed by atoms with Crippen LogP contribution in [0.25, 0.3) is 22.6 Å². The lowest BCUT2D eigenvalue weighted by Gasteiger charge is -2.18. The van der Waals surface area contributed by atoms with Crippen molar-refractivity contribution in [1.29, 1.82) is 0 Å². The van der Waals surface area contributed by atoms with Gasteiger partial charge in [0.25, 0.3) is 0 Å². The van der Waals surface area contributed by atoms with Crippen LogP contribution in [0.3, 0.4) is 0 Å². The van der Waals surface area contributed by atoms with Gasteiger partial charge in [-0.3, -0.25) is 9.97 Å². The van der Waals surface area contributed by atoms with E-state index in [9.17, 15) is 5.11 Å². The highest BCUT2D eigenvalue weighted by Crippen LogP contribution is 2.35. The molecule has 1 aliphatic rings. The second-order valence-electron chi connectivity index (χ2n) is 8.60. The number of aromatic nitrogens is 5. The first-order valence-corrected chi connectivity index (χ1v) is 11.9. The smallest absolute Gasteiger partial charge is 0.163 e. The van der Waals surface area contributed by atoms with Gasteiger partial charge in [0.05, 0.1) is 46.5 Å². The molecule has 0 radical (unpaired) electrons. The molecule has 1 aromatic carbocycles. The van der Waals surface area contributed by atoms with Gasteiger partial charge in [0.2, 0.25) is 0 Å². The fourth-order valence-corrected chi connectivity index (χ4v) is 4.39. The SMILES string of the molecule is CNCC(O)COc1ccc(Cl)c(-c2nc(-c3c(C)noc3C)cc(N3Cc4nccnc4C3)n2)c1. The van der Waals surface area contributed by atoms with Gasteiger partial charge in [-0.25, -0.2) is 9.97 Å². The molecule has 0 aliphatic carbocycles. The third-order valence-corrected chi connectivity index (χ3v) is 6.26. The highest BCUT2D eigenvalue weighted by Gasteiger charge is 2.25. The van der Waals surface area contributed by atoms with Crippen LogP contribution in [0.4, 0.5) is 5.82 Å². The molecule has 2 N–H and O–H groups in total. The molecule has 1 atom stereocenters. The number of anilines is 1. The van der Waals surface area contributed by atoms with Gasteiger partial charge in [-0.1, -0.05) is 16.8 Å². The third kappa shape index (κ3) is 4.88. The van der Waals surface area contributed by atoms with Crippen molar-refractivity contribution in [2.24, 2.45) is 0 Å². The van der Waals surface area contributed by atoms with E-state index in [1.165, 1.54) is 0 Å². The Morgan fingerprint density at radius 3 is 2.56 bits per heavy atom. The summed E-state index contributed by atoms with van der Waals surface area (Å²) in [5, 5.41) is 17.5. The standard InChI is InChI=1S/C25H26ClN7O3/c1-14-24(15(2)36-32-14)20-9-23(33-11-21-22(12-33)29-7-6-28-21)31-25(30-20)18-8-17(4-5-19(18)26)35-13-16(34)10-27-3/h4-9,16,27,34H,10-13H2,1-3H3. The van der Waals surface area contributed by atoms with E-state index < -0.39 is 6.10 Å². The Hall–Kier alpha value is -3.60. The highest BCUT2D eigenvalue weighted by molar-refractivity contribution is 6.33. The van der Waals surface area contributed by atoms with Crippen molar-refractivity contribution in [3.05, 3.63) is 64.5 Å². The quantitative estimate of drug-likeness (QED) is 0.367.